The van der Waals surface area contributed by atoms with Crippen molar-refractivity contribution in [1.29, 1.82) is 0 Å². The molecular formula is C7H10F9NO3S. The number of nitrogens with zero attached hydrogens (tertiary/aromatic N) is 1. The summed E-state index contributed by atoms with van der Waals surface area (Å²) in [7, 11) is -1.17. The third kappa shape index (κ3) is 4.60. The van der Waals surface area contributed by atoms with Crippen molar-refractivity contribution >= 4 is 10.1 Å². The number of halogens is 9. The van der Waals surface area contributed by atoms with Crippen LogP contribution in [0.25, 0.3) is 0 Å². The molecule has 0 aliphatic rings. The lowest BCUT2D eigenvalue weighted by molar-refractivity contribution is -0.382. The molecule has 0 aliphatic heterocycles. The van der Waals surface area contributed by atoms with Crippen molar-refractivity contribution in [3.63, 3.8) is 0 Å². The van der Waals surface area contributed by atoms with Crippen LogP contribution >= 0.6 is 0 Å². The van der Waals surface area contributed by atoms with Gasteiger partial charge in [0.25, 0.3) is 0 Å². The highest BCUT2D eigenvalue weighted by molar-refractivity contribution is 7.87. The molecule has 0 unspecified atom stereocenters. The van der Waals surface area contributed by atoms with Crippen LogP contribution in [0.5, 0.6) is 0 Å². The van der Waals surface area contributed by atoms with Gasteiger partial charge in [0.2, 0.25) is 0 Å². The molecule has 0 saturated carbocycles. The summed E-state index contributed by atoms with van der Waals surface area (Å²) in [6, 6.07) is 0. The first-order valence-electron chi connectivity index (χ1n) is 4.51. The lowest BCUT2D eigenvalue weighted by Gasteiger charge is -2.31. The van der Waals surface area contributed by atoms with Gasteiger partial charge in [0.15, 0.2) is 0 Å². The fraction of sp³-hybridized carbons (Fsp3) is 1.00. The van der Waals surface area contributed by atoms with Crippen molar-refractivity contribution in [2.45, 2.75) is 23.3 Å². The van der Waals surface area contributed by atoms with Crippen molar-refractivity contribution in [1.82, 2.24) is 4.90 Å². The summed E-state index contributed by atoms with van der Waals surface area (Å²) in [6.07, 6.45) is -7.13. The maximum atomic E-state index is 12.2. The standard InChI is InChI=1S/C4HF9O3S.C3H9N/c5-1(6,3(9,10)11)2(7,8)4(12,13)17(14,15)16;1-4(2)3/h(H,14,15,16);1-3H3. The highest BCUT2D eigenvalue weighted by atomic mass is 32.2. The Bertz CT molecular complexity index is 440. The summed E-state index contributed by atoms with van der Waals surface area (Å²) in [6.45, 7) is 0. The highest BCUT2D eigenvalue weighted by Gasteiger charge is 2.85. The molecule has 0 spiro atoms. The van der Waals surface area contributed by atoms with Gasteiger partial charge in [-0.3, -0.25) is 4.55 Å². The van der Waals surface area contributed by atoms with Crippen LogP contribution < -0.4 is 0 Å². The van der Waals surface area contributed by atoms with Crippen molar-refractivity contribution in [2.75, 3.05) is 21.1 Å². The van der Waals surface area contributed by atoms with E-state index in [1.165, 1.54) is 0 Å². The van der Waals surface area contributed by atoms with Crippen LogP contribution in [0.15, 0.2) is 0 Å². The van der Waals surface area contributed by atoms with Crippen LogP contribution in [0, 0.1) is 0 Å². The molecule has 14 heteroatoms. The monoisotopic (exact) mass is 359 g/mol. The Balaban J connectivity index is 0. The molecule has 0 heterocycles. The van der Waals surface area contributed by atoms with Gasteiger partial charge in [-0.1, -0.05) is 0 Å². The zero-order valence-electron chi connectivity index (χ0n) is 10.5. The van der Waals surface area contributed by atoms with Crippen LogP contribution in [0.2, 0.25) is 0 Å². The molecule has 0 aliphatic carbocycles. The van der Waals surface area contributed by atoms with Crippen molar-refractivity contribution < 1.29 is 52.5 Å². The normalized spacial score (nSPS) is 14.8. The predicted molar refractivity (Wildman–Crippen MR) is 52.1 cm³/mol. The average molecular weight is 359 g/mol. The first-order chi connectivity index (χ1) is 8.73. The molecule has 0 rings (SSSR count). The molecule has 1 N–H and O–H groups in total. The summed E-state index contributed by atoms with van der Waals surface area (Å²) >= 11 is 0. The van der Waals surface area contributed by atoms with Gasteiger partial charge in [-0.15, -0.1) is 0 Å². The summed E-state index contributed by atoms with van der Waals surface area (Å²) < 4.78 is 134. The van der Waals surface area contributed by atoms with Crippen LogP contribution in [0.1, 0.15) is 0 Å². The van der Waals surface area contributed by atoms with Gasteiger partial charge in [-0.2, -0.15) is 47.9 Å². The molecule has 130 valence electrons. The van der Waals surface area contributed by atoms with E-state index in [0.29, 0.717) is 0 Å². The minimum absolute atomic E-state index is 2.00. The molecular weight excluding hydrogens is 349 g/mol. The van der Waals surface area contributed by atoms with E-state index in [0.717, 1.165) is 0 Å². The first-order valence-corrected chi connectivity index (χ1v) is 5.95. The van der Waals surface area contributed by atoms with Crippen molar-refractivity contribution in [3.8, 4) is 0 Å². The van der Waals surface area contributed by atoms with Crippen LogP contribution in [0.4, 0.5) is 39.5 Å². The lowest BCUT2D eigenvalue weighted by atomic mass is 10.1. The summed E-state index contributed by atoms with van der Waals surface area (Å²) in [5.41, 5.74) is 0. The second kappa shape index (κ2) is 6.16. The number of hydrogen-bond donors (Lipinski definition) is 1. The minimum atomic E-state index is -7.37. The van der Waals surface area contributed by atoms with Crippen molar-refractivity contribution in [2.24, 2.45) is 0 Å². The van der Waals surface area contributed by atoms with Crippen molar-refractivity contribution in [3.05, 3.63) is 0 Å². The Morgan fingerprint density at radius 3 is 1.14 bits per heavy atom. The van der Waals surface area contributed by atoms with Gasteiger partial charge < -0.3 is 4.90 Å². The fourth-order valence-corrected chi connectivity index (χ4v) is 0.975. The van der Waals surface area contributed by atoms with E-state index in [4.69, 9.17) is 4.55 Å². The van der Waals surface area contributed by atoms with Gasteiger partial charge in [-0.25, -0.2) is 0 Å². The molecule has 0 saturated heterocycles. The minimum Gasteiger partial charge on any atom is -0.312 e. The molecule has 0 radical (unpaired) electrons. The maximum absolute atomic E-state index is 12.2. The number of alkyl halides is 9. The van der Waals surface area contributed by atoms with Crippen LogP contribution in [0.3, 0.4) is 0 Å². The van der Waals surface area contributed by atoms with E-state index in [1.807, 2.05) is 26.0 Å². The molecule has 0 amide bonds. The molecule has 0 bridgehead atoms. The number of hydrogen-bond acceptors (Lipinski definition) is 3. The third-order valence-corrected chi connectivity index (χ3v) is 2.34. The number of rotatable bonds is 3. The van der Waals surface area contributed by atoms with E-state index in [-0.39, 0.29) is 0 Å². The Morgan fingerprint density at radius 1 is 0.762 bits per heavy atom. The van der Waals surface area contributed by atoms with E-state index >= 15 is 0 Å². The third-order valence-electron chi connectivity index (χ3n) is 1.44. The maximum Gasteiger partial charge on any atom is 0.460 e. The second-order valence-corrected chi connectivity index (χ2v) is 5.44. The summed E-state index contributed by atoms with van der Waals surface area (Å²) in [5.74, 6) is -14.7. The largest absolute Gasteiger partial charge is 0.460 e. The van der Waals surface area contributed by atoms with Gasteiger partial charge in [0, 0.05) is 0 Å². The Kier molecular flexibility index (Phi) is 6.60. The summed E-state index contributed by atoms with van der Waals surface area (Å²) in [5, 5.41) is -7.00. The van der Waals surface area contributed by atoms with E-state index < -0.39 is 33.4 Å². The fourth-order valence-electron chi connectivity index (χ4n) is 0.523. The quantitative estimate of drug-likeness (QED) is 0.621. The smallest absolute Gasteiger partial charge is 0.312 e. The van der Waals surface area contributed by atoms with Gasteiger partial charge in [0.1, 0.15) is 0 Å². The summed E-state index contributed by atoms with van der Waals surface area (Å²) in [4.78, 5) is 2.00. The van der Waals surface area contributed by atoms with Gasteiger partial charge in [-0.05, 0) is 21.1 Å². The SMILES string of the molecule is CN(C)C.O=S(=O)(O)C(F)(F)C(F)(F)C(F)(F)C(F)(F)F. The molecule has 4 nitrogen and oxygen atoms in total. The average Bonchev–Trinajstić information content (AvgIpc) is 2.12. The Hall–Kier alpha value is -0.760. The molecule has 21 heavy (non-hydrogen) atoms. The Labute approximate surface area is 113 Å². The van der Waals surface area contributed by atoms with E-state index in [1.54, 1.807) is 0 Å². The topological polar surface area (TPSA) is 57.6 Å². The zero-order valence-corrected chi connectivity index (χ0v) is 11.3. The predicted octanol–water partition coefficient (Wildman–Crippen LogP) is 2.48. The van der Waals surface area contributed by atoms with E-state index in [2.05, 4.69) is 0 Å². The zero-order chi connectivity index (χ0) is 18.1. The first kappa shape index (κ1) is 22.5. The second-order valence-electron chi connectivity index (χ2n) is 3.98. The van der Waals surface area contributed by atoms with Crippen LogP contribution in [-0.2, 0) is 10.1 Å². The highest BCUT2D eigenvalue weighted by Crippen LogP contribution is 2.54. The molecule has 0 aromatic carbocycles. The van der Waals surface area contributed by atoms with E-state index in [9.17, 15) is 47.9 Å². The molecule has 0 aromatic heterocycles. The van der Waals surface area contributed by atoms with Gasteiger partial charge in [0.05, 0.1) is 0 Å². The van der Waals surface area contributed by atoms with Crippen LogP contribution in [-0.4, -0.2) is 62.3 Å². The molecule has 0 atom stereocenters. The Morgan fingerprint density at radius 2 is 1.00 bits per heavy atom. The van der Waals surface area contributed by atoms with Gasteiger partial charge >= 0.3 is 33.4 Å². The molecule has 0 aromatic rings. The molecule has 0 fully saturated rings. The lowest BCUT2D eigenvalue weighted by Crippen LogP contribution is -2.63.